The topological polar surface area (TPSA) is 51.7 Å². The van der Waals surface area contributed by atoms with Gasteiger partial charge in [0.05, 0.1) is 19.3 Å². The number of carbonyl (C=O) groups excluding carboxylic acids is 1. The molecule has 158 valence electrons. The van der Waals surface area contributed by atoms with Crippen LogP contribution in [-0.4, -0.2) is 28.9 Å². The van der Waals surface area contributed by atoms with Crippen LogP contribution in [0.15, 0.2) is 53.9 Å². The molecule has 1 amide bonds. The van der Waals surface area contributed by atoms with Gasteiger partial charge in [-0.05, 0) is 49.7 Å². The lowest BCUT2D eigenvalue weighted by molar-refractivity contribution is 0.0669. The SMILES string of the molecule is CC[C@@H](C)N(Cc1csc(COc2ccccc2OC)n1)C(=O)c1ccc(F)cc1. The second-order valence-electron chi connectivity index (χ2n) is 6.87. The molecule has 0 unspecified atom stereocenters. The van der Waals surface area contributed by atoms with Crippen LogP contribution in [0.4, 0.5) is 4.39 Å². The van der Waals surface area contributed by atoms with Gasteiger partial charge in [0, 0.05) is 17.0 Å². The number of thiazole rings is 1. The number of nitrogens with zero attached hydrogens (tertiary/aromatic N) is 2. The molecule has 30 heavy (non-hydrogen) atoms. The molecule has 5 nitrogen and oxygen atoms in total. The van der Waals surface area contributed by atoms with E-state index in [9.17, 15) is 9.18 Å². The first-order valence-corrected chi connectivity index (χ1v) is 10.7. The molecule has 3 rings (SSSR count). The van der Waals surface area contributed by atoms with Crippen LogP contribution in [0.1, 0.15) is 41.3 Å². The van der Waals surface area contributed by atoms with E-state index in [1.807, 2.05) is 43.5 Å². The van der Waals surface area contributed by atoms with Gasteiger partial charge in [0.25, 0.3) is 5.91 Å². The summed E-state index contributed by atoms with van der Waals surface area (Å²) in [6, 6.07) is 13.1. The van der Waals surface area contributed by atoms with E-state index in [1.54, 1.807) is 12.0 Å². The van der Waals surface area contributed by atoms with Crippen LogP contribution in [0, 0.1) is 5.82 Å². The van der Waals surface area contributed by atoms with E-state index in [4.69, 9.17) is 9.47 Å². The van der Waals surface area contributed by atoms with Crippen molar-refractivity contribution in [1.29, 1.82) is 0 Å². The number of benzene rings is 2. The zero-order valence-electron chi connectivity index (χ0n) is 17.3. The van der Waals surface area contributed by atoms with Crippen molar-refractivity contribution in [3.8, 4) is 11.5 Å². The quantitative estimate of drug-likeness (QED) is 0.463. The second kappa shape index (κ2) is 10.2. The number of rotatable bonds is 9. The monoisotopic (exact) mass is 428 g/mol. The van der Waals surface area contributed by atoms with Crippen LogP contribution >= 0.6 is 11.3 Å². The third-order valence-corrected chi connectivity index (χ3v) is 5.70. The fourth-order valence-corrected chi connectivity index (χ4v) is 3.64. The standard InChI is InChI=1S/C23H25FN2O3S/c1-4-16(2)26(23(27)17-9-11-18(24)12-10-17)13-19-15-30-22(25-19)14-29-21-8-6-5-7-20(21)28-3/h5-12,15-16H,4,13-14H2,1-3H3/t16-/m1/s1. The van der Waals surface area contributed by atoms with Crippen molar-refractivity contribution < 1.29 is 18.7 Å². The fraction of sp³-hybridized carbons (Fsp3) is 0.304. The molecule has 0 aliphatic heterocycles. The number of carbonyl (C=O) groups is 1. The first-order valence-electron chi connectivity index (χ1n) is 9.77. The summed E-state index contributed by atoms with van der Waals surface area (Å²) in [5.41, 5.74) is 1.26. The summed E-state index contributed by atoms with van der Waals surface area (Å²) in [6.07, 6.45) is 0.806. The van der Waals surface area contributed by atoms with Gasteiger partial charge in [-0.2, -0.15) is 0 Å². The smallest absolute Gasteiger partial charge is 0.254 e. The Morgan fingerprint density at radius 1 is 1.17 bits per heavy atom. The van der Waals surface area contributed by atoms with Gasteiger partial charge in [-0.15, -0.1) is 11.3 Å². The Morgan fingerprint density at radius 3 is 2.53 bits per heavy atom. The van der Waals surface area contributed by atoms with E-state index in [1.165, 1.54) is 35.6 Å². The average Bonchev–Trinajstić information content (AvgIpc) is 3.23. The van der Waals surface area contributed by atoms with E-state index >= 15 is 0 Å². The third-order valence-electron chi connectivity index (χ3n) is 4.83. The van der Waals surface area contributed by atoms with Crippen molar-refractivity contribution in [3.05, 3.63) is 76.0 Å². The predicted octanol–water partition coefficient (Wildman–Crippen LogP) is 5.31. The Bertz CT molecular complexity index is 975. The number of hydrogen-bond donors (Lipinski definition) is 0. The van der Waals surface area contributed by atoms with Gasteiger partial charge >= 0.3 is 0 Å². The summed E-state index contributed by atoms with van der Waals surface area (Å²) in [6.45, 7) is 4.74. The number of ether oxygens (including phenoxy) is 2. The Balaban J connectivity index is 1.69. The molecule has 1 aromatic heterocycles. The first-order chi connectivity index (χ1) is 14.5. The van der Waals surface area contributed by atoms with Gasteiger partial charge in [-0.3, -0.25) is 4.79 Å². The van der Waals surface area contributed by atoms with Crippen LogP contribution in [0.25, 0.3) is 0 Å². The number of hydrogen-bond acceptors (Lipinski definition) is 5. The Morgan fingerprint density at radius 2 is 1.87 bits per heavy atom. The number of amides is 1. The van der Waals surface area contributed by atoms with Crippen LogP contribution in [0.3, 0.4) is 0 Å². The van der Waals surface area contributed by atoms with Gasteiger partial charge in [-0.1, -0.05) is 19.1 Å². The van der Waals surface area contributed by atoms with Crippen LogP contribution in [0.5, 0.6) is 11.5 Å². The van der Waals surface area contributed by atoms with Crippen molar-refractivity contribution >= 4 is 17.2 Å². The molecule has 7 heteroatoms. The molecule has 0 radical (unpaired) electrons. The number of aromatic nitrogens is 1. The van der Waals surface area contributed by atoms with Gasteiger partial charge in [0.2, 0.25) is 0 Å². The summed E-state index contributed by atoms with van der Waals surface area (Å²) in [7, 11) is 1.60. The minimum atomic E-state index is -0.360. The van der Waals surface area contributed by atoms with E-state index in [0.29, 0.717) is 30.2 Å². The van der Waals surface area contributed by atoms with Gasteiger partial charge in [0.15, 0.2) is 11.5 Å². The maximum atomic E-state index is 13.2. The van der Waals surface area contributed by atoms with E-state index in [2.05, 4.69) is 4.98 Å². The minimum absolute atomic E-state index is 0.0255. The van der Waals surface area contributed by atoms with E-state index in [-0.39, 0.29) is 17.8 Å². The molecular formula is C23H25FN2O3S. The van der Waals surface area contributed by atoms with Crippen LogP contribution in [0.2, 0.25) is 0 Å². The molecule has 0 saturated carbocycles. The molecule has 0 fully saturated rings. The molecule has 0 bridgehead atoms. The molecule has 2 aromatic carbocycles. The van der Waals surface area contributed by atoms with Crippen molar-refractivity contribution in [2.45, 2.75) is 39.5 Å². The Labute approximate surface area is 180 Å². The average molecular weight is 429 g/mol. The highest BCUT2D eigenvalue weighted by Crippen LogP contribution is 2.27. The Hall–Kier alpha value is -2.93. The molecular weight excluding hydrogens is 403 g/mol. The number of methoxy groups -OCH3 is 1. The second-order valence-corrected chi connectivity index (χ2v) is 7.81. The van der Waals surface area contributed by atoms with Crippen molar-refractivity contribution in [2.75, 3.05) is 7.11 Å². The molecule has 3 aromatic rings. The number of halogens is 1. The molecule has 1 heterocycles. The zero-order chi connectivity index (χ0) is 21.5. The summed E-state index contributed by atoms with van der Waals surface area (Å²) in [5, 5.41) is 2.75. The zero-order valence-corrected chi connectivity index (χ0v) is 18.1. The molecule has 0 N–H and O–H groups in total. The lowest BCUT2D eigenvalue weighted by Gasteiger charge is -2.28. The predicted molar refractivity (Wildman–Crippen MR) is 115 cm³/mol. The van der Waals surface area contributed by atoms with Crippen LogP contribution in [-0.2, 0) is 13.2 Å². The third kappa shape index (κ3) is 5.36. The largest absolute Gasteiger partial charge is 0.493 e. The molecule has 1 atom stereocenters. The van der Waals surface area contributed by atoms with Crippen LogP contribution < -0.4 is 9.47 Å². The molecule has 0 saturated heterocycles. The number of para-hydroxylation sites is 2. The fourth-order valence-electron chi connectivity index (χ4n) is 2.95. The Kier molecular flexibility index (Phi) is 7.41. The molecule has 0 spiro atoms. The maximum Gasteiger partial charge on any atom is 0.254 e. The van der Waals surface area contributed by atoms with E-state index in [0.717, 1.165) is 17.1 Å². The van der Waals surface area contributed by atoms with E-state index < -0.39 is 0 Å². The summed E-state index contributed by atoms with van der Waals surface area (Å²) < 4.78 is 24.3. The lowest BCUT2D eigenvalue weighted by atomic mass is 10.1. The van der Waals surface area contributed by atoms with Crippen molar-refractivity contribution in [2.24, 2.45) is 0 Å². The highest BCUT2D eigenvalue weighted by Gasteiger charge is 2.22. The highest BCUT2D eigenvalue weighted by atomic mass is 32.1. The van der Waals surface area contributed by atoms with Gasteiger partial charge < -0.3 is 14.4 Å². The first kappa shape index (κ1) is 21.8. The summed E-state index contributed by atoms with van der Waals surface area (Å²) in [5.74, 6) is 0.830. The summed E-state index contributed by atoms with van der Waals surface area (Å²) >= 11 is 1.49. The maximum absolute atomic E-state index is 13.2. The molecule has 0 aliphatic rings. The molecule has 0 aliphatic carbocycles. The van der Waals surface area contributed by atoms with Gasteiger partial charge in [0.1, 0.15) is 17.4 Å². The lowest BCUT2D eigenvalue weighted by Crippen LogP contribution is -2.37. The van der Waals surface area contributed by atoms with Gasteiger partial charge in [-0.25, -0.2) is 9.37 Å². The van der Waals surface area contributed by atoms with Crippen molar-refractivity contribution in [3.63, 3.8) is 0 Å². The minimum Gasteiger partial charge on any atom is -0.493 e. The summed E-state index contributed by atoms with van der Waals surface area (Å²) in [4.78, 5) is 19.4. The normalized spacial score (nSPS) is 11.7. The highest BCUT2D eigenvalue weighted by molar-refractivity contribution is 7.09. The van der Waals surface area contributed by atoms with Crippen molar-refractivity contribution in [1.82, 2.24) is 9.88 Å².